The van der Waals surface area contributed by atoms with Gasteiger partial charge in [0.2, 0.25) is 0 Å². The van der Waals surface area contributed by atoms with E-state index >= 15 is 0 Å². The number of esters is 1. The summed E-state index contributed by atoms with van der Waals surface area (Å²) in [6.45, 7) is 5.53. The van der Waals surface area contributed by atoms with Crippen LogP contribution in [0.5, 0.6) is 0 Å². The molecule has 0 aliphatic carbocycles. The van der Waals surface area contributed by atoms with Gasteiger partial charge in [0.15, 0.2) is 0 Å². The molecule has 0 unspecified atom stereocenters. The van der Waals surface area contributed by atoms with Crippen LogP contribution in [0.3, 0.4) is 0 Å². The first-order chi connectivity index (χ1) is 8.35. The second kappa shape index (κ2) is 4.48. The first-order valence-electron chi connectivity index (χ1n) is 5.79. The molecule has 2 aromatic heterocycles. The highest BCUT2D eigenvalue weighted by atomic mass is 16.6. The largest absolute Gasteiger partial charge is 0.460 e. The third-order valence-electron chi connectivity index (χ3n) is 2.38. The van der Waals surface area contributed by atoms with Gasteiger partial charge >= 0.3 is 5.97 Å². The fourth-order valence-corrected chi connectivity index (χ4v) is 1.73. The number of ether oxygens (including phenoxy) is 1. The van der Waals surface area contributed by atoms with Gasteiger partial charge in [-0.15, -0.1) is 0 Å². The van der Waals surface area contributed by atoms with Crippen LogP contribution in [0.2, 0.25) is 0 Å². The maximum atomic E-state index is 11.7. The van der Waals surface area contributed by atoms with Crippen LogP contribution in [0.15, 0.2) is 18.3 Å². The Hall–Kier alpha value is -1.78. The quantitative estimate of drug-likeness (QED) is 0.636. The molecule has 0 amide bonds. The summed E-state index contributed by atoms with van der Waals surface area (Å²) < 4.78 is 5.26. The Balaban J connectivity index is 2.18. The van der Waals surface area contributed by atoms with E-state index in [0.29, 0.717) is 11.1 Å². The lowest BCUT2D eigenvalue weighted by molar-refractivity contribution is -0.153. The van der Waals surface area contributed by atoms with Crippen molar-refractivity contribution in [2.75, 3.05) is 0 Å². The summed E-state index contributed by atoms with van der Waals surface area (Å²) in [4.78, 5) is 18.9. The van der Waals surface area contributed by atoms with E-state index in [4.69, 9.17) is 12.6 Å². The molecule has 2 rings (SSSR count). The van der Waals surface area contributed by atoms with Crippen LogP contribution in [0.25, 0.3) is 11.0 Å². The van der Waals surface area contributed by atoms with Crippen LogP contribution in [0, 0.1) is 0 Å². The van der Waals surface area contributed by atoms with Gasteiger partial charge in [-0.25, -0.2) is 4.98 Å². The number of carbonyl (C=O) groups is 1. The molecule has 0 fully saturated rings. The molecular weight excluding hydrogens is 227 g/mol. The van der Waals surface area contributed by atoms with E-state index in [9.17, 15) is 4.79 Å². The highest BCUT2D eigenvalue weighted by Gasteiger charge is 2.17. The lowest BCUT2D eigenvalue weighted by atomic mass is 9.94. The molecule has 2 aromatic rings. The zero-order valence-corrected chi connectivity index (χ0v) is 10.8. The van der Waals surface area contributed by atoms with Gasteiger partial charge in [0, 0.05) is 17.3 Å². The Morgan fingerprint density at radius 3 is 2.83 bits per heavy atom. The van der Waals surface area contributed by atoms with Crippen molar-refractivity contribution in [3.8, 4) is 0 Å². The van der Waals surface area contributed by atoms with Crippen LogP contribution in [0.1, 0.15) is 26.5 Å². The van der Waals surface area contributed by atoms with Gasteiger partial charge in [0.25, 0.3) is 0 Å². The molecule has 0 aliphatic rings. The zero-order valence-electron chi connectivity index (χ0n) is 10.8. The van der Waals surface area contributed by atoms with Gasteiger partial charge in [-0.1, -0.05) is 11.5 Å². The van der Waals surface area contributed by atoms with Gasteiger partial charge in [-0.3, -0.25) is 4.79 Å². The minimum atomic E-state index is -0.472. The topological polar surface area (TPSA) is 55.0 Å². The van der Waals surface area contributed by atoms with Crippen molar-refractivity contribution >= 4 is 30.3 Å². The molecule has 0 saturated carbocycles. The molecule has 0 atom stereocenters. The van der Waals surface area contributed by atoms with E-state index in [0.717, 1.165) is 11.1 Å². The van der Waals surface area contributed by atoms with E-state index in [1.54, 1.807) is 12.3 Å². The van der Waals surface area contributed by atoms with Crippen LogP contribution >= 0.6 is 0 Å². The minimum Gasteiger partial charge on any atom is -0.460 e. The molecule has 92 valence electrons. The highest BCUT2D eigenvalue weighted by molar-refractivity contribution is 6.38. The summed E-state index contributed by atoms with van der Waals surface area (Å²) in [5.74, 6) is -0.271. The van der Waals surface area contributed by atoms with Gasteiger partial charge in [-0.2, -0.15) is 0 Å². The van der Waals surface area contributed by atoms with Crippen molar-refractivity contribution in [3.05, 3.63) is 24.0 Å². The van der Waals surface area contributed by atoms with Crippen molar-refractivity contribution in [1.29, 1.82) is 0 Å². The monoisotopic (exact) mass is 242 g/mol. The van der Waals surface area contributed by atoms with Crippen LogP contribution in [-0.4, -0.2) is 29.4 Å². The number of aromatic nitrogens is 2. The molecule has 0 spiro atoms. The van der Waals surface area contributed by atoms with Crippen LogP contribution < -0.4 is 5.46 Å². The average molecular weight is 242 g/mol. The average Bonchev–Trinajstić information content (AvgIpc) is 2.58. The molecule has 0 aliphatic heterocycles. The van der Waals surface area contributed by atoms with E-state index in [-0.39, 0.29) is 12.4 Å². The second-order valence-corrected chi connectivity index (χ2v) is 5.22. The zero-order chi connectivity index (χ0) is 13.3. The SMILES string of the molecule is [B]c1ccnc2[nH]c(CC(=O)OC(C)(C)C)cc12. The highest BCUT2D eigenvalue weighted by Crippen LogP contribution is 2.13. The fraction of sp³-hybridized carbons (Fsp3) is 0.385. The Bertz CT molecular complexity index is 584. The smallest absolute Gasteiger partial charge is 0.312 e. The summed E-state index contributed by atoms with van der Waals surface area (Å²) >= 11 is 0. The first-order valence-corrected chi connectivity index (χ1v) is 5.79. The number of aromatic amines is 1. The van der Waals surface area contributed by atoms with Gasteiger partial charge in [0.1, 0.15) is 19.1 Å². The standard InChI is InChI=1S/C13H15BN2O2/c1-13(2,3)18-11(17)7-8-6-9-10(14)4-5-15-12(9)16-8/h4-6H,7H2,1-3H3,(H,15,16). The fourth-order valence-electron chi connectivity index (χ4n) is 1.73. The van der Waals surface area contributed by atoms with E-state index in [2.05, 4.69) is 9.97 Å². The van der Waals surface area contributed by atoms with Gasteiger partial charge < -0.3 is 9.72 Å². The lowest BCUT2D eigenvalue weighted by Crippen LogP contribution is -2.24. The summed E-state index contributed by atoms with van der Waals surface area (Å²) in [6, 6.07) is 3.56. The molecule has 2 radical (unpaired) electrons. The van der Waals surface area contributed by atoms with E-state index < -0.39 is 5.60 Å². The minimum absolute atomic E-state index is 0.188. The predicted molar refractivity (Wildman–Crippen MR) is 71.0 cm³/mol. The summed E-state index contributed by atoms with van der Waals surface area (Å²) in [5, 5.41) is 0.830. The molecule has 18 heavy (non-hydrogen) atoms. The molecule has 0 bridgehead atoms. The number of hydrogen-bond acceptors (Lipinski definition) is 3. The summed E-state index contributed by atoms with van der Waals surface area (Å²) in [6.07, 6.45) is 1.82. The number of nitrogens with zero attached hydrogens (tertiary/aromatic N) is 1. The van der Waals surface area contributed by atoms with Crippen molar-refractivity contribution in [1.82, 2.24) is 9.97 Å². The number of fused-ring (bicyclic) bond motifs is 1. The third-order valence-corrected chi connectivity index (χ3v) is 2.38. The van der Waals surface area contributed by atoms with Crippen molar-refractivity contribution in [3.63, 3.8) is 0 Å². The Kier molecular flexibility index (Phi) is 3.15. The maximum Gasteiger partial charge on any atom is 0.312 e. The number of nitrogens with one attached hydrogen (secondary N) is 1. The van der Waals surface area contributed by atoms with E-state index in [1.165, 1.54) is 0 Å². The predicted octanol–water partition coefficient (Wildman–Crippen LogP) is 1.24. The molecule has 0 aromatic carbocycles. The van der Waals surface area contributed by atoms with Crippen LogP contribution in [0.4, 0.5) is 0 Å². The number of carbonyl (C=O) groups excluding carboxylic acids is 1. The van der Waals surface area contributed by atoms with Crippen molar-refractivity contribution < 1.29 is 9.53 Å². The Labute approximate surface area is 107 Å². The number of pyridine rings is 1. The number of H-pyrrole nitrogens is 1. The molecule has 0 saturated heterocycles. The van der Waals surface area contributed by atoms with Gasteiger partial charge in [-0.05, 0) is 26.8 Å². The molecule has 5 heteroatoms. The molecule has 2 heterocycles. The molecule has 4 nitrogen and oxygen atoms in total. The normalized spacial score (nSPS) is 11.7. The molecule has 1 N–H and O–H groups in total. The maximum absolute atomic E-state index is 11.7. The van der Waals surface area contributed by atoms with Crippen molar-refractivity contribution in [2.45, 2.75) is 32.8 Å². The lowest BCUT2D eigenvalue weighted by Gasteiger charge is -2.19. The summed E-state index contributed by atoms with van der Waals surface area (Å²) in [7, 11) is 5.83. The van der Waals surface area contributed by atoms with Gasteiger partial charge in [0.05, 0.1) is 6.42 Å². The third kappa shape index (κ3) is 2.91. The Morgan fingerprint density at radius 2 is 2.22 bits per heavy atom. The van der Waals surface area contributed by atoms with Crippen LogP contribution in [-0.2, 0) is 16.0 Å². The molecular formula is C13H15BN2O2. The number of rotatable bonds is 2. The second-order valence-electron chi connectivity index (χ2n) is 5.22. The van der Waals surface area contributed by atoms with Crippen molar-refractivity contribution in [2.24, 2.45) is 0 Å². The summed E-state index contributed by atoms with van der Waals surface area (Å²) in [5.41, 5.74) is 1.62. The first kappa shape index (κ1) is 12.7. The van der Waals surface area contributed by atoms with E-state index in [1.807, 2.05) is 26.8 Å². The number of hydrogen-bond donors (Lipinski definition) is 1. The Morgan fingerprint density at radius 1 is 1.50 bits per heavy atom.